The van der Waals surface area contributed by atoms with Crippen molar-refractivity contribution in [3.05, 3.63) is 0 Å². The summed E-state index contributed by atoms with van der Waals surface area (Å²) >= 11 is 0. The Labute approximate surface area is 205 Å². The lowest BCUT2D eigenvalue weighted by Crippen LogP contribution is -2.56. The number of hydrogen-bond donors (Lipinski definition) is 4. The third-order valence-electron chi connectivity index (χ3n) is 5.24. The van der Waals surface area contributed by atoms with Gasteiger partial charge >= 0.3 is 12.2 Å². The van der Waals surface area contributed by atoms with Gasteiger partial charge in [-0.05, 0) is 47.0 Å². The zero-order valence-corrected chi connectivity index (χ0v) is 21.0. The second-order valence-corrected chi connectivity index (χ2v) is 8.18. The van der Waals surface area contributed by atoms with Crippen molar-refractivity contribution in [1.29, 1.82) is 0 Å². The Balaban J connectivity index is 2.62. The Kier molecular flexibility index (Phi) is 12.5. The molecule has 0 bridgehead atoms. The maximum absolute atomic E-state index is 12.8. The highest BCUT2D eigenvalue weighted by atomic mass is 16.6. The van der Waals surface area contributed by atoms with Gasteiger partial charge in [-0.25, -0.2) is 9.59 Å². The van der Waals surface area contributed by atoms with Crippen LogP contribution in [0.4, 0.5) is 9.59 Å². The van der Waals surface area contributed by atoms with Crippen LogP contribution in [0, 0.1) is 5.92 Å². The average Bonchev–Trinajstić information content (AvgIpc) is 3.03. The molecule has 4 atom stereocenters. The Morgan fingerprint density at radius 3 is 2.11 bits per heavy atom. The molecule has 1 aliphatic heterocycles. The molecule has 35 heavy (non-hydrogen) atoms. The van der Waals surface area contributed by atoms with E-state index in [-0.39, 0.29) is 26.1 Å². The fourth-order valence-electron chi connectivity index (χ4n) is 3.45. The predicted molar refractivity (Wildman–Crippen MR) is 124 cm³/mol. The van der Waals surface area contributed by atoms with Gasteiger partial charge in [-0.2, -0.15) is 0 Å². The normalized spacial score (nSPS) is 17.7. The van der Waals surface area contributed by atoms with Gasteiger partial charge in [0.2, 0.25) is 23.6 Å². The summed E-state index contributed by atoms with van der Waals surface area (Å²) in [5, 5.41) is 10.2. The van der Waals surface area contributed by atoms with Crippen LogP contribution in [0.1, 0.15) is 60.3 Å². The summed E-state index contributed by atoms with van der Waals surface area (Å²) in [7, 11) is 0. The minimum Gasteiger partial charge on any atom is -0.450 e. The number of unbranched alkanes of at least 4 members (excludes halogenated alkanes) is 1. The maximum atomic E-state index is 12.8. The van der Waals surface area contributed by atoms with Crippen molar-refractivity contribution in [2.24, 2.45) is 5.92 Å². The Hall–Kier alpha value is -3.38. The van der Waals surface area contributed by atoms with Crippen LogP contribution in [0.15, 0.2) is 0 Å². The first-order chi connectivity index (χ1) is 16.5. The van der Waals surface area contributed by atoms with E-state index < -0.39 is 60.0 Å². The number of carbonyl (C=O) groups excluding carboxylic acids is 6. The van der Waals surface area contributed by atoms with Crippen molar-refractivity contribution in [2.75, 3.05) is 19.8 Å². The number of likely N-dealkylation sites (tertiary alicyclic amines) is 1. The number of hydrogen-bond acceptors (Lipinski definition) is 8. The van der Waals surface area contributed by atoms with Crippen LogP contribution < -0.4 is 21.3 Å². The van der Waals surface area contributed by atoms with Gasteiger partial charge in [-0.15, -0.1) is 0 Å². The minimum atomic E-state index is -1.03. The van der Waals surface area contributed by atoms with E-state index in [9.17, 15) is 28.8 Å². The van der Waals surface area contributed by atoms with Gasteiger partial charge in [-0.3, -0.25) is 24.1 Å². The van der Waals surface area contributed by atoms with E-state index in [2.05, 4.69) is 21.3 Å². The third-order valence-corrected chi connectivity index (χ3v) is 5.24. The zero-order chi connectivity index (χ0) is 26.5. The van der Waals surface area contributed by atoms with Crippen LogP contribution in [-0.2, 0) is 28.7 Å². The Morgan fingerprint density at radius 2 is 1.54 bits per heavy atom. The van der Waals surface area contributed by atoms with Crippen molar-refractivity contribution >= 4 is 35.8 Å². The predicted octanol–water partition coefficient (Wildman–Crippen LogP) is 0.379. The van der Waals surface area contributed by atoms with Crippen LogP contribution >= 0.6 is 0 Å². The Morgan fingerprint density at radius 1 is 0.943 bits per heavy atom. The minimum absolute atomic E-state index is 0.0548. The molecule has 6 amide bonds. The molecule has 13 nitrogen and oxygen atoms in total. The van der Waals surface area contributed by atoms with Gasteiger partial charge in [0.1, 0.15) is 12.1 Å². The number of nitrogens with zero attached hydrogens (tertiary/aromatic N) is 1. The maximum Gasteiger partial charge on any atom is 0.407 e. The van der Waals surface area contributed by atoms with Crippen LogP contribution in [0.2, 0.25) is 0 Å². The molecule has 198 valence electrons. The van der Waals surface area contributed by atoms with Gasteiger partial charge in [0.25, 0.3) is 0 Å². The first kappa shape index (κ1) is 29.7. The molecule has 0 aliphatic carbocycles. The fourth-order valence-corrected chi connectivity index (χ4v) is 3.45. The molecule has 0 radical (unpaired) electrons. The first-order valence-electron chi connectivity index (χ1n) is 11.8. The van der Waals surface area contributed by atoms with Crippen LogP contribution in [0.25, 0.3) is 0 Å². The van der Waals surface area contributed by atoms with Crippen molar-refractivity contribution in [3.63, 3.8) is 0 Å². The molecule has 0 aromatic carbocycles. The SMILES string of the molecule is CCOC(=O)NCCCCC(NC(=O)OCC)C(=O)NC(C)NC(=O)C(C)N1C(=O)CC(C)C1=O. The van der Waals surface area contributed by atoms with Crippen molar-refractivity contribution in [1.82, 2.24) is 26.2 Å². The number of rotatable bonds is 13. The summed E-state index contributed by atoms with van der Waals surface area (Å²) in [5.74, 6) is -2.46. The highest BCUT2D eigenvalue weighted by Crippen LogP contribution is 2.21. The highest BCUT2D eigenvalue weighted by molar-refractivity contribution is 6.06. The molecule has 1 fully saturated rings. The molecule has 0 aromatic rings. The lowest BCUT2D eigenvalue weighted by atomic mass is 10.1. The number of alkyl carbamates (subject to hydrolysis) is 2. The average molecular weight is 500 g/mol. The molecule has 13 heteroatoms. The topological polar surface area (TPSA) is 172 Å². The highest BCUT2D eigenvalue weighted by Gasteiger charge is 2.41. The standard InChI is InChI=1S/C22H37N5O8/c1-6-34-21(32)23-11-9-8-10-16(26-22(33)35-7-2)19(30)25-15(5)24-18(29)14(4)27-17(28)12-13(3)20(27)31/h13-16H,6-12H2,1-5H3,(H,23,32)(H,24,29)(H,25,30)(H,26,33). The molecular formula is C22H37N5O8. The van der Waals surface area contributed by atoms with E-state index in [4.69, 9.17) is 9.47 Å². The fraction of sp³-hybridized carbons (Fsp3) is 0.727. The van der Waals surface area contributed by atoms with Gasteiger partial charge in [0.05, 0.1) is 19.4 Å². The molecule has 0 spiro atoms. The monoisotopic (exact) mass is 499 g/mol. The number of nitrogens with one attached hydrogen (secondary N) is 4. The summed E-state index contributed by atoms with van der Waals surface area (Å²) in [6.07, 6.45) is -0.807. The van der Waals surface area contributed by atoms with Crippen LogP contribution in [0.5, 0.6) is 0 Å². The number of amides is 6. The molecule has 0 saturated carbocycles. The summed E-state index contributed by atoms with van der Waals surface area (Å²) in [5.41, 5.74) is 0. The van der Waals surface area contributed by atoms with Crippen molar-refractivity contribution in [3.8, 4) is 0 Å². The molecule has 1 rings (SSSR count). The number of carbonyl (C=O) groups is 6. The molecule has 1 aliphatic rings. The van der Waals surface area contributed by atoms with E-state index in [1.54, 1.807) is 20.8 Å². The number of ether oxygens (including phenoxy) is 2. The lowest BCUT2D eigenvalue weighted by molar-refractivity contribution is -0.147. The Bertz CT molecular complexity index is 790. The van der Waals surface area contributed by atoms with Gasteiger partial charge in [0, 0.05) is 18.9 Å². The van der Waals surface area contributed by atoms with Crippen molar-refractivity contribution < 1.29 is 38.2 Å². The lowest BCUT2D eigenvalue weighted by Gasteiger charge is -2.26. The van der Waals surface area contributed by atoms with E-state index in [1.165, 1.54) is 13.8 Å². The van der Waals surface area contributed by atoms with Crippen LogP contribution in [-0.4, -0.2) is 78.7 Å². The van der Waals surface area contributed by atoms with Gasteiger partial charge in [0.15, 0.2) is 0 Å². The second kappa shape index (κ2) is 14.8. The van der Waals surface area contributed by atoms with E-state index in [0.29, 0.717) is 19.4 Å². The smallest absolute Gasteiger partial charge is 0.407 e. The first-order valence-corrected chi connectivity index (χ1v) is 11.8. The van der Waals surface area contributed by atoms with Crippen molar-refractivity contribution in [2.45, 2.75) is 78.6 Å². The molecule has 4 N–H and O–H groups in total. The van der Waals surface area contributed by atoms with Gasteiger partial charge < -0.3 is 30.7 Å². The number of imide groups is 1. The van der Waals surface area contributed by atoms with Crippen LogP contribution in [0.3, 0.4) is 0 Å². The molecule has 1 heterocycles. The largest absolute Gasteiger partial charge is 0.450 e. The van der Waals surface area contributed by atoms with E-state index in [1.807, 2.05) is 0 Å². The molecule has 0 aromatic heterocycles. The quantitative estimate of drug-likeness (QED) is 0.160. The summed E-state index contributed by atoms with van der Waals surface area (Å²) in [4.78, 5) is 73.6. The van der Waals surface area contributed by atoms with E-state index in [0.717, 1.165) is 4.90 Å². The summed E-state index contributed by atoms with van der Waals surface area (Å²) in [6.45, 7) is 8.62. The zero-order valence-electron chi connectivity index (χ0n) is 21.0. The van der Waals surface area contributed by atoms with Gasteiger partial charge in [-0.1, -0.05) is 6.92 Å². The third kappa shape index (κ3) is 9.79. The van der Waals surface area contributed by atoms with E-state index >= 15 is 0 Å². The second-order valence-electron chi connectivity index (χ2n) is 8.18. The molecule has 4 unspecified atom stereocenters. The molecule has 1 saturated heterocycles. The summed E-state index contributed by atoms with van der Waals surface area (Å²) in [6, 6.07) is -1.98. The molecular weight excluding hydrogens is 462 g/mol. The summed E-state index contributed by atoms with van der Waals surface area (Å²) < 4.78 is 9.62.